The molecule has 1 nitrogen and oxygen atoms in total. The van der Waals surface area contributed by atoms with Crippen molar-refractivity contribution in [1.82, 2.24) is 0 Å². The van der Waals surface area contributed by atoms with Gasteiger partial charge in [-0.3, -0.25) is 0 Å². The summed E-state index contributed by atoms with van der Waals surface area (Å²) in [5, 5.41) is 0. The van der Waals surface area contributed by atoms with E-state index < -0.39 is 0 Å². The molecule has 0 saturated carbocycles. The fraction of sp³-hybridized carbons (Fsp3) is 0. The van der Waals surface area contributed by atoms with Gasteiger partial charge in [-0.05, 0) is 34.7 Å². The Hall–Kier alpha value is -0.185. The first kappa shape index (κ1) is 6.93. The summed E-state index contributed by atoms with van der Waals surface area (Å²) >= 11 is 2.16. The highest BCUT2D eigenvalue weighted by Gasteiger charge is 1.91. The summed E-state index contributed by atoms with van der Waals surface area (Å²) in [5.41, 5.74) is 6.99. The van der Waals surface area contributed by atoms with Crippen LogP contribution in [0.25, 0.3) is 0 Å². The molecule has 2 N–H and O–H groups in total. The molecule has 9 heavy (non-hydrogen) atoms. The maximum atomic E-state index is 5.53. The second kappa shape index (κ2) is 2.60. The van der Waals surface area contributed by atoms with Crippen LogP contribution in [0.4, 0.5) is 5.69 Å². The van der Waals surface area contributed by atoms with E-state index >= 15 is 0 Å². The minimum atomic E-state index is 0.716. The molecule has 0 unspecified atom stereocenters. The topological polar surface area (TPSA) is 26.0 Å². The van der Waals surface area contributed by atoms with Crippen LogP contribution in [0.1, 0.15) is 0 Å². The van der Waals surface area contributed by atoms with Crippen LogP contribution in [0.15, 0.2) is 18.2 Å². The number of anilines is 1. The third-order valence-electron chi connectivity index (χ3n) is 1.02. The van der Waals surface area contributed by atoms with Crippen molar-refractivity contribution in [1.29, 1.82) is 0 Å². The van der Waals surface area contributed by atoms with Crippen molar-refractivity contribution in [3.05, 3.63) is 21.8 Å². The zero-order chi connectivity index (χ0) is 6.85. The zero-order valence-electron chi connectivity index (χ0n) is 4.76. The summed E-state index contributed by atoms with van der Waals surface area (Å²) in [6.07, 6.45) is 0. The molecule has 1 aromatic rings. The summed E-state index contributed by atoms with van der Waals surface area (Å²) in [6, 6.07) is 5.48. The molecule has 0 aliphatic heterocycles. The van der Waals surface area contributed by atoms with Gasteiger partial charge >= 0.3 is 0 Å². The first-order chi connectivity index (χ1) is 4.20. The highest BCUT2D eigenvalue weighted by atomic mass is 127. The van der Waals surface area contributed by atoms with E-state index in [0.29, 0.717) is 5.46 Å². The van der Waals surface area contributed by atoms with E-state index in [4.69, 9.17) is 13.6 Å². The SMILES string of the molecule is [B]c1ccc(I)c(N)c1. The minimum Gasteiger partial charge on any atom is -0.398 e. The molecule has 0 aliphatic rings. The molecule has 3 heteroatoms. The lowest BCUT2D eigenvalue weighted by molar-refractivity contribution is 1.67. The third-order valence-corrected chi connectivity index (χ3v) is 2.00. The molecule has 0 bridgehead atoms. The largest absolute Gasteiger partial charge is 0.398 e. The lowest BCUT2D eigenvalue weighted by Crippen LogP contribution is -2.03. The minimum absolute atomic E-state index is 0.716. The van der Waals surface area contributed by atoms with E-state index in [1.54, 1.807) is 6.07 Å². The van der Waals surface area contributed by atoms with Gasteiger partial charge in [0.25, 0.3) is 0 Å². The number of hydrogen-bond acceptors (Lipinski definition) is 1. The molecule has 0 atom stereocenters. The molecular weight excluding hydrogens is 224 g/mol. The average Bonchev–Trinajstić information content (AvgIpc) is 1.80. The molecule has 0 aliphatic carbocycles. The number of rotatable bonds is 0. The number of nitrogens with two attached hydrogens (primary N) is 1. The van der Waals surface area contributed by atoms with Gasteiger partial charge in [0.15, 0.2) is 0 Å². The summed E-state index contributed by atoms with van der Waals surface area (Å²) < 4.78 is 1.04. The maximum Gasteiger partial charge on any atom is 0.113 e. The molecule has 0 heterocycles. The first-order valence-corrected chi connectivity index (χ1v) is 3.58. The molecule has 1 rings (SSSR count). The van der Waals surface area contributed by atoms with Crippen molar-refractivity contribution in [3.8, 4) is 0 Å². The molecule has 0 saturated heterocycles. The molecular formula is C6H5BIN. The van der Waals surface area contributed by atoms with Crippen molar-refractivity contribution in [2.45, 2.75) is 0 Å². The van der Waals surface area contributed by atoms with Crippen LogP contribution in [0.3, 0.4) is 0 Å². The average molecular weight is 229 g/mol. The van der Waals surface area contributed by atoms with E-state index in [1.807, 2.05) is 12.1 Å². The monoisotopic (exact) mass is 229 g/mol. The summed E-state index contributed by atoms with van der Waals surface area (Å²) in [7, 11) is 5.44. The van der Waals surface area contributed by atoms with E-state index in [0.717, 1.165) is 9.26 Å². The Labute approximate surface area is 69.2 Å². The summed E-state index contributed by atoms with van der Waals surface area (Å²) in [5.74, 6) is 0. The van der Waals surface area contributed by atoms with Crippen molar-refractivity contribution >= 4 is 41.6 Å². The van der Waals surface area contributed by atoms with Gasteiger partial charge in [0.05, 0.1) is 0 Å². The Bertz CT molecular complexity index is 224. The smallest absolute Gasteiger partial charge is 0.113 e. The Morgan fingerprint density at radius 1 is 1.44 bits per heavy atom. The Morgan fingerprint density at radius 2 is 2.11 bits per heavy atom. The fourth-order valence-corrected chi connectivity index (χ4v) is 0.898. The van der Waals surface area contributed by atoms with Crippen molar-refractivity contribution in [2.24, 2.45) is 0 Å². The van der Waals surface area contributed by atoms with Crippen LogP contribution in [0, 0.1) is 3.57 Å². The standard InChI is InChI=1S/C6H5BIN/c7-4-1-2-5(8)6(9)3-4/h1-3H,9H2. The highest BCUT2D eigenvalue weighted by molar-refractivity contribution is 14.1. The molecule has 0 spiro atoms. The Morgan fingerprint density at radius 3 is 2.56 bits per heavy atom. The van der Waals surface area contributed by atoms with Gasteiger partial charge in [0.2, 0.25) is 0 Å². The van der Waals surface area contributed by atoms with Gasteiger partial charge in [0.1, 0.15) is 7.85 Å². The molecule has 0 fully saturated rings. The van der Waals surface area contributed by atoms with E-state index in [9.17, 15) is 0 Å². The summed E-state index contributed by atoms with van der Waals surface area (Å²) in [4.78, 5) is 0. The van der Waals surface area contributed by atoms with Gasteiger partial charge in [-0.1, -0.05) is 11.5 Å². The molecule has 2 radical (unpaired) electrons. The zero-order valence-corrected chi connectivity index (χ0v) is 6.92. The molecule has 0 amide bonds. The Balaban J connectivity index is 3.17. The van der Waals surface area contributed by atoms with E-state index in [-0.39, 0.29) is 0 Å². The van der Waals surface area contributed by atoms with Crippen molar-refractivity contribution in [3.63, 3.8) is 0 Å². The van der Waals surface area contributed by atoms with Crippen LogP contribution in [-0.2, 0) is 0 Å². The lowest BCUT2D eigenvalue weighted by Gasteiger charge is -1.97. The number of halogens is 1. The predicted octanol–water partition coefficient (Wildman–Crippen LogP) is 0.667. The second-order valence-electron chi connectivity index (χ2n) is 1.78. The van der Waals surface area contributed by atoms with E-state index in [1.165, 1.54) is 0 Å². The number of hydrogen-bond donors (Lipinski definition) is 1. The van der Waals surface area contributed by atoms with E-state index in [2.05, 4.69) is 22.6 Å². The Kier molecular flexibility index (Phi) is 2.00. The van der Waals surface area contributed by atoms with Crippen LogP contribution >= 0.6 is 22.6 Å². The van der Waals surface area contributed by atoms with Gasteiger partial charge < -0.3 is 5.73 Å². The highest BCUT2D eigenvalue weighted by Crippen LogP contribution is 2.10. The van der Waals surface area contributed by atoms with Crippen LogP contribution < -0.4 is 11.2 Å². The van der Waals surface area contributed by atoms with Crippen molar-refractivity contribution < 1.29 is 0 Å². The van der Waals surface area contributed by atoms with Crippen LogP contribution in [-0.4, -0.2) is 7.85 Å². The van der Waals surface area contributed by atoms with Gasteiger partial charge in [-0.15, -0.1) is 0 Å². The normalized spacial score (nSPS) is 9.44. The van der Waals surface area contributed by atoms with Gasteiger partial charge in [0, 0.05) is 9.26 Å². The number of benzene rings is 1. The van der Waals surface area contributed by atoms with Crippen LogP contribution in [0.5, 0.6) is 0 Å². The fourth-order valence-electron chi connectivity index (χ4n) is 0.562. The predicted molar refractivity (Wildman–Crippen MR) is 49.0 cm³/mol. The first-order valence-electron chi connectivity index (χ1n) is 2.50. The van der Waals surface area contributed by atoms with Crippen LogP contribution in [0.2, 0.25) is 0 Å². The lowest BCUT2D eigenvalue weighted by atomic mass is 9.96. The summed E-state index contributed by atoms with van der Waals surface area (Å²) in [6.45, 7) is 0. The second-order valence-corrected chi connectivity index (χ2v) is 2.94. The quantitative estimate of drug-likeness (QED) is 0.394. The molecule has 44 valence electrons. The van der Waals surface area contributed by atoms with Gasteiger partial charge in [-0.2, -0.15) is 0 Å². The maximum absolute atomic E-state index is 5.53. The third kappa shape index (κ3) is 1.61. The molecule has 1 aromatic carbocycles. The molecule has 0 aromatic heterocycles. The van der Waals surface area contributed by atoms with Crippen molar-refractivity contribution in [2.75, 3.05) is 5.73 Å². The number of nitrogen functional groups attached to an aromatic ring is 1. The van der Waals surface area contributed by atoms with Gasteiger partial charge in [-0.25, -0.2) is 0 Å².